The van der Waals surface area contributed by atoms with Crippen molar-refractivity contribution in [3.05, 3.63) is 0 Å². The third-order valence-electron chi connectivity index (χ3n) is 4.98. The fourth-order valence-corrected chi connectivity index (χ4v) is 7.72. The molecule has 0 aliphatic carbocycles. The Labute approximate surface area is 169 Å². The van der Waals surface area contributed by atoms with Crippen LogP contribution in [0.25, 0.3) is 0 Å². The maximum atomic E-state index is 12.1. The summed E-state index contributed by atoms with van der Waals surface area (Å²) in [4.78, 5) is 0. The molecule has 0 aliphatic heterocycles. The van der Waals surface area contributed by atoms with Gasteiger partial charge in [-0.25, -0.2) is 16.8 Å². The summed E-state index contributed by atoms with van der Waals surface area (Å²) >= 11 is 0. The first-order valence-electron chi connectivity index (χ1n) is 11.2. The Balaban J connectivity index is 3.80. The van der Waals surface area contributed by atoms with Crippen molar-refractivity contribution >= 4 is 19.7 Å². The minimum absolute atomic E-state index is 0.0125. The monoisotopic (exact) mass is 424 g/mol. The summed E-state index contributed by atoms with van der Waals surface area (Å²) in [6, 6.07) is 0. The van der Waals surface area contributed by atoms with E-state index < -0.39 is 24.8 Å². The topological polar surface area (TPSA) is 68.3 Å². The van der Waals surface area contributed by atoms with Gasteiger partial charge in [0.15, 0.2) is 24.8 Å². The Morgan fingerprint density at radius 2 is 0.667 bits per heavy atom. The number of unbranched alkanes of at least 4 members (excludes halogenated alkanes) is 14. The van der Waals surface area contributed by atoms with E-state index >= 15 is 0 Å². The Hall–Kier alpha value is -0.100. The molecule has 0 radical (unpaired) electrons. The molecular formula is C21H44O4S2. The van der Waals surface area contributed by atoms with Crippen molar-refractivity contribution < 1.29 is 16.8 Å². The molecule has 6 heteroatoms. The molecule has 0 amide bonds. The van der Waals surface area contributed by atoms with Gasteiger partial charge in [0.05, 0.1) is 11.5 Å². The SMILES string of the molecule is CCCCCCCCCCS(=O)(=O)CS(=O)(=O)CCCCCCCCCC. The van der Waals surface area contributed by atoms with E-state index in [-0.39, 0.29) is 11.5 Å². The van der Waals surface area contributed by atoms with Crippen molar-refractivity contribution in [3.63, 3.8) is 0 Å². The van der Waals surface area contributed by atoms with Crippen LogP contribution in [-0.2, 0) is 19.7 Å². The summed E-state index contributed by atoms with van der Waals surface area (Å²) < 4.78 is 48.3. The highest BCUT2D eigenvalue weighted by atomic mass is 32.3. The van der Waals surface area contributed by atoms with Crippen LogP contribution in [0.2, 0.25) is 0 Å². The highest BCUT2D eigenvalue weighted by molar-refractivity contribution is 8.08. The summed E-state index contributed by atoms with van der Waals surface area (Å²) in [6.07, 6.45) is 17.3. The lowest BCUT2D eigenvalue weighted by Gasteiger charge is -2.07. The van der Waals surface area contributed by atoms with Crippen LogP contribution in [0.15, 0.2) is 0 Å². The Kier molecular flexibility index (Phi) is 16.8. The Morgan fingerprint density at radius 3 is 0.963 bits per heavy atom. The van der Waals surface area contributed by atoms with E-state index in [0.29, 0.717) is 12.8 Å². The molecule has 0 atom stereocenters. The third-order valence-corrected chi connectivity index (χ3v) is 9.67. The van der Waals surface area contributed by atoms with E-state index in [4.69, 9.17) is 0 Å². The zero-order valence-electron chi connectivity index (χ0n) is 17.9. The first-order chi connectivity index (χ1) is 12.8. The summed E-state index contributed by atoms with van der Waals surface area (Å²) in [5, 5.41) is -0.660. The van der Waals surface area contributed by atoms with E-state index in [9.17, 15) is 16.8 Å². The molecule has 0 bridgehead atoms. The van der Waals surface area contributed by atoms with Crippen LogP contribution in [0.4, 0.5) is 0 Å². The van der Waals surface area contributed by atoms with Crippen molar-refractivity contribution in [1.82, 2.24) is 0 Å². The van der Waals surface area contributed by atoms with E-state index in [1.54, 1.807) is 0 Å². The molecule has 0 unspecified atom stereocenters. The fourth-order valence-electron chi connectivity index (χ4n) is 3.30. The van der Waals surface area contributed by atoms with Crippen LogP contribution in [0.1, 0.15) is 117 Å². The molecular weight excluding hydrogens is 380 g/mol. The van der Waals surface area contributed by atoms with Gasteiger partial charge in [0.25, 0.3) is 0 Å². The van der Waals surface area contributed by atoms with E-state index in [1.807, 2.05) is 0 Å². The summed E-state index contributed by atoms with van der Waals surface area (Å²) in [7, 11) is -6.97. The van der Waals surface area contributed by atoms with Crippen molar-refractivity contribution in [1.29, 1.82) is 0 Å². The quantitative estimate of drug-likeness (QED) is 0.223. The molecule has 164 valence electrons. The smallest absolute Gasteiger partial charge is 0.164 e. The molecule has 27 heavy (non-hydrogen) atoms. The molecule has 0 aromatic rings. The summed E-state index contributed by atoms with van der Waals surface area (Å²) in [5.74, 6) is 0.0250. The molecule has 0 heterocycles. The number of hydrogen-bond donors (Lipinski definition) is 0. The van der Waals surface area contributed by atoms with Gasteiger partial charge in [-0.3, -0.25) is 0 Å². The molecule has 0 aliphatic rings. The number of rotatable bonds is 20. The average Bonchev–Trinajstić information content (AvgIpc) is 2.58. The molecule has 0 aromatic heterocycles. The predicted molar refractivity (Wildman–Crippen MR) is 118 cm³/mol. The second-order valence-corrected chi connectivity index (χ2v) is 12.7. The maximum absolute atomic E-state index is 12.1. The Bertz CT molecular complexity index is 476. The predicted octanol–water partition coefficient (Wildman–Crippen LogP) is 6.05. The zero-order valence-corrected chi connectivity index (χ0v) is 19.5. The van der Waals surface area contributed by atoms with Crippen molar-refractivity contribution in [2.45, 2.75) is 117 Å². The van der Waals surface area contributed by atoms with Crippen LogP contribution in [0.3, 0.4) is 0 Å². The highest BCUT2D eigenvalue weighted by Crippen LogP contribution is 2.12. The van der Waals surface area contributed by atoms with Crippen LogP contribution >= 0.6 is 0 Å². The minimum atomic E-state index is -3.49. The van der Waals surface area contributed by atoms with Gasteiger partial charge in [-0.15, -0.1) is 0 Å². The third kappa shape index (κ3) is 19.0. The molecule has 0 rings (SSSR count). The lowest BCUT2D eigenvalue weighted by molar-refractivity contribution is 0.568. The van der Waals surface area contributed by atoms with Gasteiger partial charge in [0.1, 0.15) is 0 Å². The van der Waals surface area contributed by atoms with E-state index in [0.717, 1.165) is 38.5 Å². The van der Waals surface area contributed by atoms with Gasteiger partial charge in [-0.1, -0.05) is 104 Å². The molecule has 0 saturated heterocycles. The van der Waals surface area contributed by atoms with Crippen LogP contribution in [0, 0.1) is 0 Å². The van der Waals surface area contributed by atoms with Gasteiger partial charge >= 0.3 is 0 Å². The molecule has 4 nitrogen and oxygen atoms in total. The average molecular weight is 425 g/mol. The highest BCUT2D eigenvalue weighted by Gasteiger charge is 2.21. The lowest BCUT2D eigenvalue weighted by Crippen LogP contribution is -2.21. The van der Waals surface area contributed by atoms with Crippen LogP contribution < -0.4 is 0 Å². The summed E-state index contributed by atoms with van der Waals surface area (Å²) in [5.41, 5.74) is 0. The fraction of sp³-hybridized carbons (Fsp3) is 1.00. The molecule has 0 fully saturated rings. The van der Waals surface area contributed by atoms with Crippen molar-refractivity contribution in [2.75, 3.05) is 16.6 Å². The minimum Gasteiger partial charge on any atom is -0.228 e. The standard InChI is InChI=1S/C21H44O4S2/c1-3-5-7-9-11-13-15-17-19-26(22,23)21-27(24,25)20-18-16-14-12-10-8-6-4-2/h3-21H2,1-2H3. The van der Waals surface area contributed by atoms with Crippen LogP contribution in [0.5, 0.6) is 0 Å². The van der Waals surface area contributed by atoms with Crippen LogP contribution in [-0.4, -0.2) is 33.4 Å². The molecule has 0 aromatic carbocycles. The first kappa shape index (κ1) is 26.9. The summed E-state index contributed by atoms with van der Waals surface area (Å²) in [6.45, 7) is 4.38. The normalized spacial score (nSPS) is 12.5. The second kappa shape index (κ2) is 16.8. The Morgan fingerprint density at radius 1 is 0.407 bits per heavy atom. The molecule has 0 N–H and O–H groups in total. The molecule has 0 saturated carbocycles. The van der Waals surface area contributed by atoms with Crippen molar-refractivity contribution in [2.24, 2.45) is 0 Å². The maximum Gasteiger partial charge on any atom is 0.164 e. The number of hydrogen-bond acceptors (Lipinski definition) is 4. The number of sulfone groups is 2. The second-order valence-electron chi connectivity index (χ2n) is 7.96. The zero-order chi connectivity index (χ0) is 20.4. The van der Waals surface area contributed by atoms with Gasteiger partial charge in [-0.2, -0.15) is 0 Å². The van der Waals surface area contributed by atoms with Gasteiger partial charge in [0.2, 0.25) is 0 Å². The first-order valence-corrected chi connectivity index (χ1v) is 14.9. The lowest BCUT2D eigenvalue weighted by atomic mass is 10.1. The van der Waals surface area contributed by atoms with Gasteiger partial charge in [0, 0.05) is 0 Å². The van der Waals surface area contributed by atoms with Crippen molar-refractivity contribution in [3.8, 4) is 0 Å². The van der Waals surface area contributed by atoms with Gasteiger partial charge < -0.3 is 0 Å². The molecule has 0 spiro atoms. The van der Waals surface area contributed by atoms with E-state index in [2.05, 4.69) is 13.8 Å². The van der Waals surface area contributed by atoms with E-state index in [1.165, 1.54) is 51.4 Å². The van der Waals surface area contributed by atoms with Gasteiger partial charge in [-0.05, 0) is 12.8 Å². The largest absolute Gasteiger partial charge is 0.228 e.